The van der Waals surface area contributed by atoms with Gasteiger partial charge in [0.15, 0.2) is 0 Å². The van der Waals surface area contributed by atoms with Gasteiger partial charge in [-0.2, -0.15) is 0 Å². The molecule has 1 aliphatic carbocycles. The van der Waals surface area contributed by atoms with Gasteiger partial charge in [-0.15, -0.1) is 0 Å². The predicted molar refractivity (Wildman–Crippen MR) is 85.0 cm³/mol. The fourth-order valence-corrected chi connectivity index (χ4v) is 3.41. The zero-order chi connectivity index (χ0) is 14.4. The monoisotopic (exact) mass is 275 g/mol. The van der Waals surface area contributed by atoms with Crippen molar-refractivity contribution in [1.82, 2.24) is 5.32 Å². The van der Waals surface area contributed by atoms with Gasteiger partial charge in [-0.3, -0.25) is 0 Å². The fourth-order valence-electron chi connectivity index (χ4n) is 3.41. The summed E-state index contributed by atoms with van der Waals surface area (Å²) >= 11 is 0. The summed E-state index contributed by atoms with van der Waals surface area (Å²) in [5.74, 6) is 0. The third-order valence-electron chi connectivity index (χ3n) is 5.25. The summed E-state index contributed by atoms with van der Waals surface area (Å²) in [6.45, 7) is 5.83. The van der Waals surface area contributed by atoms with Crippen LogP contribution in [0.3, 0.4) is 0 Å². The second-order valence-electron chi connectivity index (χ2n) is 6.27. The van der Waals surface area contributed by atoms with E-state index in [0.29, 0.717) is 12.6 Å². The van der Waals surface area contributed by atoms with E-state index < -0.39 is 0 Å². The zero-order valence-electron chi connectivity index (χ0n) is 13.0. The highest BCUT2D eigenvalue weighted by atomic mass is 16.3. The fraction of sp³-hybridized carbons (Fsp3) is 0.667. The van der Waals surface area contributed by atoms with Crippen LogP contribution in [0.5, 0.6) is 0 Å². The average molecular weight is 275 g/mol. The van der Waals surface area contributed by atoms with Crippen molar-refractivity contribution in [2.24, 2.45) is 5.41 Å². The van der Waals surface area contributed by atoms with Gasteiger partial charge >= 0.3 is 0 Å². The van der Waals surface area contributed by atoms with Gasteiger partial charge in [0.05, 0.1) is 0 Å². The summed E-state index contributed by atoms with van der Waals surface area (Å²) in [5.41, 5.74) is 3.31. The van der Waals surface area contributed by atoms with Crippen LogP contribution in [0, 0.1) is 5.41 Å². The van der Waals surface area contributed by atoms with Crippen molar-refractivity contribution < 1.29 is 5.11 Å². The highest BCUT2D eigenvalue weighted by molar-refractivity contribution is 5.30. The highest BCUT2D eigenvalue weighted by Crippen LogP contribution is 2.30. The molecule has 0 fully saturated rings. The minimum absolute atomic E-state index is 0.270. The van der Waals surface area contributed by atoms with E-state index >= 15 is 0 Å². The molecule has 0 aromatic heterocycles. The molecule has 0 amide bonds. The van der Waals surface area contributed by atoms with Crippen molar-refractivity contribution in [3.05, 3.63) is 35.4 Å². The third-order valence-corrected chi connectivity index (χ3v) is 5.25. The first-order chi connectivity index (χ1) is 9.73. The third kappa shape index (κ3) is 3.62. The molecule has 0 saturated carbocycles. The van der Waals surface area contributed by atoms with Crippen LogP contribution in [0.25, 0.3) is 0 Å². The second-order valence-corrected chi connectivity index (χ2v) is 6.27. The van der Waals surface area contributed by atoms with Gasteiger partial charge < -0.3 is 10.4 Å². The van der Waals surface area contributed by atoms with E-state index in [0.717, 1.165) is 32.2 Å². The van der Waals surface area contributed by atoms with Crippen LogP contribution in [-0.2, 0) is 12.8 Å². The first-order valence-electron chi connectivity index (χ1n) is 8.14. The van der Waals surface area contributed by atoms with Crippen LogP contribution < -0.4 is 5.32 Å². The van der Waals surface area contributed by atoms with Crippen LogP contribution in [0.15, 0.2) is 24.3 Å². The quantitative estimate of drug-likeness (QED) is 0.800. The summed E-state index contributed by atoms with van der Waals surface area (Å²) in [6, 6.07) is 9.42. The zero-order valence-corrected chi connectivity index (χ0v) is 13.0. The first kappa shape index (κ1) is 15.5. The lowest BCUT2D eigenvalue weighted by atomic mass is 9.78. The molecule has 20 heavy (non-hydrogen) atoms. The van der Waals surface area contributed by atoms with E-state index in [1.54, 1.807) is 0 Å². The number of fused-ring (bicyclic) bond motifs is 1. The topological polar surface area (TPSA) is 32.3 Å². The van der Waals surface area contributed by atoms with Crippen LogP contribution in [0.4, 0.5) is 0 Å². The van der Waals surface area contributed by atoms with E-state index in [1.165, 1.54) is 24.0 Å². The average Bonchev–Trinajstić information content (AvgIpc) is 2.51. The Hall–Kier alpha value is -0.860. The summed E-state index contributed by atoms with van der Waals surface area (Å²) < 4.78 is 0. The Labute approximate surface area is 123 Å². The Kier molecular flexibility index (Phi) is 5.62. The molecule has 0 bridgehead atoms. The molecular weight excluding hydrogens is 246 g/mol. The van der Waals surface area contributed by atoms with Crippen LogP contribution >= 0.6 is 0 Å². The van der Waals surface area contributed by atoms with E-state index in [9.17, 15) is 5.11 Å². The molecule has 0 aliphatic heterocycles. The predicted octanol–water partition coefficient (Wildman–Crippen LogP) is 3.32. The van der Waals surface area contributed by atoms with Gasteiger partial charge in [0.2, 0.25) is 0 Å². The van der Waals surface area contributed by atoms with Crippen LogP contribution in [0.2, 0.25) is 0 Å². The molecule has 1 aromatic rings. The van der Waals surface area contributed by atoms with Crippen molar-refractivity contribution in [2.75, 3.05) is 13.2 Å². The van der Waals surface area contributed by atoms with Crippen molar-refractivity contribution >= 4 is 0 Å². The standard InChI is InChI=1S/C18H29NO/c1-3-18(4-2,11-12-20)14-19-17-10-9-15-7-5-6-8-16(15)13-17/h5-8,17,19-20H,3-4,9-14H2,1-2H3. The summed E-state index contributed by atoms with van der Waals surface area (Å²) in [7, 11) is 0. The summed E-state index contributed by atoms with van der Waals surface area (Å²) in [6.07, 6.45) is 6.77. The van der Waals surface area contributed by atoms with E-state index in [-0.39, 0.29) is 5.41 Å². The minimum atomic E-state index is 0.270. The molecule has 1 atom stereocenters. The number of aliphatic hydroxyl groups is 1. The number of aliphatic hydroxyl groups excluding tert-OH is 1. The Morgan fingerprint density at radius 3 is 2.55 bits per heavy atom. The number of benzene rings is 1. The number of hydrogen-bond acceptors (Lipinski definition) is 2. The smallest absolute Gasteiger partial charge is 0.0436 e. The molecule has 2 heteroatoms. The molecule has 2 rings (SSSR count). The maximum Gasteiger partial charge on any atom is 0.0436 e. The van der Waals surface area contributed by atoms with Crippen molar-refractivity contribution in [3.63, 3.8) is 0 Å². The number of nitrogens with one attached hydrogen (secondary N) is 1. The maximum absolute atomic E-state index is 9.30. The largest absolute Gasteiger partial charge is 0.396 e. The van der Waals surface area contributed by atoms with Gasteiger partial charge in [-0.25, -0.2) is 0 Å². The van der Waals surface area contributed by atoms with Crippen molar-refractivity contribution in [2.45, 2.75) is 58.4 Å². The molecule has 1 aliphatic rings. The number of hydrogen-bond donors (Lipinski definition) is 2. The number of rotatable bonds is 7. The van der Waals surface area contributed by atoms with Gasteiger partial charge in [-0.05, 0) is 55.1 Å². The van der Waals surface area contributed by atoms with Crippen LogP contribution in [-0.4, -0.2) is 24.3 Å². The molecule has 2 nitrogen and oxygen atoms in total. The Bertz CT molecular complexity index is 412. The molecule has 0 radical (unpaired) electrons. The molecule has 0 saturated heterocycles. The second kappa shape index (κ2) is 7.24. The Balaban J connectivity index is 1.92. The lowest BCUT2D eigenvalue weighted by Crippen LogP contribution is -2.42. The van der Waals surface area contributed by atoms with E-state index in [2.05, 4.69) is 43.4 Å². The normalized spacial score (nSPS) is 18.9. The van der Waals surface area contributed by atoms with Gasteiger partial charge in [-0.1, -0.05) is 38.1 Å². The van der Waals surface area contributed by atoms with Gasteiger partial charge in [0.1, 0.15) is 0 Å². The Morgan fingerprint density at radius 2 is 1.90 bits per heavy atom. The SMILES string of the molecule is CCC(CC)(CCO)CNC1CCc2ccccc2C1. The van der Waals surface area contributed by atoms with E-state index in [1.807, 2.05) is 0 Å². The molecule has 1 aromatic carbocycles. The maximum atomic E-state index is 9.30. The lowest BCUT2D eigenvalue weighted by molar-refractivity contribution is 0.158. The highest BCUT2D eigenvalue weighted by Gasteiger charge is 2.27. The van der Waals surface area contributed by atoms with Crippen molar-refractivity contribution in [3.8, 4) is 0 Å². The molecule has 0 spiro atoms. The van der Waals surface area contributed by atoms with Gasteiger partial charge in [0, 0.05) is 19.2 Å². The van der Waals surface area contributed by atoms with Gasteiger partial charge in [0.25, 0.3) is 0 Å². The number of aryl methyl sites for hydroxylation is 1. The Morgan fingerprint density at radius 1 is 1.20 bits per heavy atom. The molecule has 112 valence electrons. The minimum Gasteiger partial charge on any atom is -0.396 e. The molecule has 2 N–H and O–H groups in total. The summed E-state index contributed by atoms with van der Waals surface area (Å²) in [5, 5.41) is 13.1. The molecule has 0 heterocycles. The molecular formula is C18H29NO. The molecule has 1 unspecified atom stereocenters. The van der Waals surface area contributed by atoms with Crippen molar-refractivity contribution in [1.29, 1.82) is 0 Å². The first-order valence-corrected chi connectivity index (χ1v) is 8.14. The van der Waals surface area contributed by atoms with E-state index in [4.69, 9.17) is 0 Å². The van der Waals surface area contributed by atoms with Crippen LogP contribution in [0.1, 0.15) is 50.7 Å². The summed E-state index contributed by atoms with van der Waals surface area (Å²) in [4.78, 5) is 0. The lowest BCUT2D eigenvalue weighted by Gasteiger charge is -2.35.